The van der Waals surface area contributed by atoms with Gasteiger partial charge in [-0.05, 0) is 38.5 Å². The molecule has 3 atom stereocenters. The van der Waals surface area contributed by atoms with E-state index in [0.717, 1.165) is 43.4 Å². The van der Waals surface area contributed by atoms with Crippen LogP contribution in [0.3, 0.4) is 0 Å². The van der Waals surface area contributed by atoms with Crippen LogP contribution in [0.1, 0.15) is 72.6 Å². The molecule has 0 bridgehead atoms. The highest BCUT2D eigenvalue weighted by Crippen LogP contribution is 2.38. The molecule has 1 saturated heterocycles. The Morgan fingerprint density at radius 3 is 2.68 bits per heavy atom. The number of unbranched alkanes of at least 4 members (excludes halogenated alkanes) is 1. The number of rotatable bonds is 7. The summed E-state index contributed by atoms with van der Waals surface area (Å²) in [5.74, 6) is -0.229. The molecule has 3 unspecified atom stereocenters. The average Bonchev–Trinajstić information content (AvgIpc) is 2.82. The zero-order valence-electron chi connectivity index (χ0n) is 16.1. The van der Waals surface area contributed by atoms with Crippen molar-refractivity contribution < 1.29 is 14.4 Å². The summed E-state index contributed by atoms with van der Waals surface area (Å²) in [6, 6.07) is -0.297. The molecule has 1 aliphatic carbocycles. The van der Waals surface area contributed by atoms with E-state index in [4.69, 9.17) is 0 Å². The maximum atomic E-state index is 13.0. The molecule has 142 valence electrons. The zero-order valence-corrected chi connectivity index (χ0v) is 16.1. The standard InChI is InChI=1S/C19H33N3O3/c1-5-7-12-21(15(4)6-2)16(23)13-22-17(24)19(20-18(22)25)11-9-8-10-14(19)3/h14-15H,5-13H2,1-4H3,(H,20,25). The predicted molar refractivity (Wildman–Crippen MR) is 97.0 cm³/mol. The third-order valence-electron chi connectivity index (χ3n) is 5.99. The molecule has 1 saturated carbocycles. The summed E-state index contributed by atoms with van der Waals surface area (Å²) in [5.41, 5.74) is -0.791. The summed E-state index contributed by atoms with van der Waals surface area (Å²) >= 11 is 0. The van der Waals surface area contributed by atoms with E-state index in [0.29, 0.717) is 13.0 Å². The van der Waals surface area contributed by atoms with Crippen molar-refractivity contribution in [2.24, 2.45) is 5.92 Å². The molecule has 1 spiro atoms. The summed E-state index contributed by atoms with van der Waals surface area (Å²) < 4.78 is 0. The Labute approximate surface area is 151 Å². The van der Waals surface area contributed by atoms with Crippen LogP contribution < -0.4 is 5.32 Å². The lowest BCUT2D eigenvalue weighted by atomic mass is 9.73. The SMILES string of the molecule is CCCCN(C(=O)CN1C(=O)NC2(CCCCC2C)C1=O)C(C)CC. The molecule has 2 aliphatic rings. The third-order valence-corrected chi connectivity index (χ3v) is 5.99. The molecule has 0 aromatic rings. The van der Waals surface area contributed by atoms with Gasteiger partial charge in [0.2, 0.25) is 5.91 Å². The first-order valence-electron chi connectivity index (χ1n) is 9.81. The number of amides is 4. The summed E-state index contributed by atoms with van der Waals surface area (Å²) in [7, 11) is 0. The Kier molecular flexibility index (Phi) is 6.47. The molecule has 6 heteroatoms. The Balaban J connectivity index is 2.11. The van der Waals surface area contributed by atoms with Crippen molar-refractivity contribution in [3.05, 3.63) is 0 Å². The Morgan fingerprint density at radius 2 is 2.08 bits per heavy atom. The van der Waals surface area contributed by atoms with Gasteiger partial charge in [-0.1, -0.05) is 40.0 Å². The van der Waals surface area contributed by atoms with Crippen LogP contribution in [0.5, 0.6) is 0 Å². The largest absolute Gasteiger partial charge is 0.338 e. The molecule has 2 fully saturated rings. The fraction of sp³-hybridized carbons (Fsp3) is 0.842. The number of carbonyl (C=O) groups excluding carboxylic acids is 3. The summed E-state index contributed by atoms with van der Waals surface area (Å²) in [6.45, 7) is 8.70. The highest BCUT2D eigenvalue weighted by Gasteiger charge is 2.55. The summed E-state index contributed by atoms with van der Waals surface area (Å²) in [4.78, 5) is 41.2. The van der Waals surface area contributed by atoms with E-state index in [1.54, 1.807) is 0 Å². The fourth-order valence-corrected chi connectivity index (χ4v) is 4.00. The lowest BCUT2D eigenvalue weighted by molar-refractivity contribution is -0.141. The molecular weight excluding hydrogens is 318 g/mol. The third kappa shape index (κ3) is 3.82. The van der Waals surface area contributed by atoms with E-state index in [1.807, 2.05) is 25.7 Å². The Morgan fingerprint density at radius 1 is 1.36 bits per heavy atom. The number of hydrogen-bond donors (Lipinski definition) is 1. The van der Waals surface area contributed by atoms with Crippen LogP contribution in [0.25, 0.3) is 0 Å². The second-order valence-electron chi connectivity index (χ2n) is 7.64. The molecule has 0 radical (unpaired) electrons. The second-order valence-corrected chi connectivity index (χ2v) is 7.64. The molecule has 1 aliphatic heterocycles. The normalized spacial score (nSPS) is 27.5. The van der Waals surface area contributed by atoms with Crippen molar-refractivity contribution in [1.29, 1.82) is 0 Å². The Hall–Kier alpha value is -1.59. The fourth-order valence-electron chi connectivity index (χ4n) is 4.00. The maximum Gasteiger partial charge on any atom is 0.325 e. The van der Waals surface area contributed by atoms with Crippen LogP contribution >= 0.6 is 0 Å². The van der Waals surface area contributed by atoms with Crippen LogP contribution in [0.4, 0.5) is 4.79 Å². The predicted octanol–water partition coefficient (Wildman–Crippen LogP) is 2.91. The van der Waals surface area contributed by atoms with E-state index < -0.39 is 11.6 Å². The van der Waals surface area contributed by atoms with E-state index in [2.05, 4.69) is 12.2 Å². The van der Waals surface area contributed by atoms with Crippen molar-refractivity contribution in [3.8, 4) is 0 Å². The van der Waals surface area contributed by atoms with Crippen molar-refractivity contribution in [1.82, 2.24) is 15.1 Å². The van der Waals surface area contributed by atoms with Crippen LogP contribution in [-0.4, -0.2) is 52.3 Å². The summed E-state index contributed by atoms with van der Waals surface area (Å²) in [6.07, 6.45) is 6.42. The topological polar surface area (TPSA) is 69.7 Å². The van der Waals surface area contributed by atoms with Gasteiger partial charge in [-0.2, -0.15) is 0 Å². The number of nitrogens with zero attached hydrogens (tertiary/aromatic N) is 2. The van der Waals surface area contributed by atoms with Crippen LogP contribution in [0.2, 0.25) is 0 Å². The quantitative estimate of drug-likeness (QED) is 0.717. The lowest BCUT2D eigenvalue weighted by Gasteiger charge is -2.37. The molecule has 0 aromatic carbocycles. The number of urea groups is 1. The second kappa shape index (κ2) is 8.19. The van der Waals surface area contributed by atoms with Gasteiger partial charge >= 0.3 is 6.03 Å². The van der Waals surface area contributed by atoms with Gasteiger partial charge in [0.1, 0.15) is 12.1 Å². The Bertz CT molecular complexity index is 522. The van der Waals surface area contributed by atoms with Crippen molar-refractivity contribution in [2.45, 2.75) is 84.2 Å². The van der Waals surface area contributed by atoms with Crippen LogP contribution in [0.15, 0.2) is 0 Å². The van der Waals surface area contributed by atoms with Gasteiger partial charge in [0.25, 0.3) is 5.91 Å². The molecule has 0 aromatic heterocycles. The van der Waals surface area contributed by atoms with Gasteiger partial charge < -0.3 is 10.2 Å². The smallest absolute Gasteiger partial charge is 0.325 e. The van der Waals surface area contributed by atoms with Gasteiger partial charge in [-0.25, -0.2) is 4.79 Å². The van der Waals surface area contributed by atoms with E-state index in [9.17, 15) is 14.4 Å². The van der Waals surface area contributed by atoms with E-state index in [-0.39, 0.29) is 30.3 Å². The minimum Gasteiger partial charge on any atom is -0.338 e. The van der Waals surface area contributed by atoms with Crippen molar-refractivity contribution in [2.75, 3.05) is 13.1 Å². The molecule has 2 rings (SSSR count). The number of nitrogens with one attached hydrogen (secondary N) is 1. The van der Waals surface area contributed by atoms with Gasteiger partial charge in [-0.3, -0.25) is 14.5 Å². The van der Waals surface area contributed by atoms with Crippen molar-refractivity contribution >= 4 is 17.8 Å². The first-order chi connectivity index (χ1) is 11.9. The minimum absolute atomic E-state index is 0.113. The molecule has 1 N–H and O–H groups in total. The van der Waals surface area contributed by atoms with Crippen LogP contribution in [-0.2, 0) is 9.59 Å². The lowest BCUT2D eigenvalue weighted by Crippen LogP contribution is -2.54. The highest BCUT2D eigenvalue weighted by atomic mass is 16.2. The van der Waals surface area contributed by atoms with Crippen molar-refractivity contribution in [3.63, 3.8) is 0 Å². The van der Waals surface area contributed by atoms with Gasteiger partial charge in [0.15, 0.2) is 0 Å². The minimum atomic E-state index is -0.791. The molecular formula is C19H33N3O3. The van der Waals surface area contributed by atoms with Crippen LogP contribution in [0, 0.1) is 5.92 Å². The summed E-state index contributed by atoms with van der Waals surface area (Å²) in [5, 5.41) is 2.92. The van der Waals surface area contributed by atoms with Gasteiger partial charge in [0, 0.05) is 12.6 Å². The van der Waals surface area contributed by atoms with E-state index >= 15 is 0 Å². The highest BCUT2D eigenvalue weighted by molar-refractivity contribution is 6.09. The average molecular weight is 351 g/mol. The zero-order chi connectivity index (χ0) is 18.6. The molecule has 4 amide bonds. The number of carbonyl (C=O) groups is 3. The van der Waals surface area contributed by atoms with E-state index in [1.165, 1.54) is 0 Å². The molecule has 25 heavy (non-hydrogen) atoms. The maximum absolute atomic E-state index is 13.0. The molecule has 6 nitrogen and oxygen atoms in total. The monoisotopic (exact) mass is 351 g/mol. The first-order valence-corrected chi connectivity index (χ1v) is 9.81. The molecule has 1 heterocycles. The van der Waals surface area contributed by atoms with Gasteiger partial charge in [0.05, 0.1) is 0 Å². The first kappa shape index (κ1) is 19.7. The number of imide groups is 1. The van der Waals surface area contributed by atoms with Gasteiger partial charge in [-0.15, -0.1) is 0 Å². The number of hydrogen-bond acceptors (Lipinski definition) is 3.